The molecule has 0 spiro atoms. The van der Waals surface area contributed by atoms with E-state index >= 15 is 0 Å². The van der Waals surface area contributed by atoms with E-state index in [1.807, 2.05) is 0 Å². The molecule has 15 unspecified atom stereocenters. The molecule has 0 aromatic heterocycles. The number of hydrogen-bond acceptors (Lipinski definition) is 20. The summed E-state index contributed by atoms with van der Waals surface area (Å²) in [6.07, 6.45) is -22.6. The molecule has 3 saturated heterocycles. The lowest BCUT2D eigenvalue weighted by atomic mass is 9.96. The molecule has 3 heterocycles. The van der Waals surface area contributed by atoms with Crippen molar-refractivity contribution in [2.24, 2.45) is 0 Å². The molecule has 0 saturated carbocycles. The van der Waals surface area contributed by atoms with E-state index in [9.17, 15) is 66.1 Å². The first-order chi connectivity index (χ1) is 26.1. The Kier molecular flexibility index (Phi) is 14.3. The van der Waals surface area contributed by atoms with Crippen LogP contribution in [0.2, 0.25) is 0 Å². The Morgan fingerprint density at radius 1 is 0.673 bits per heavy atom. The first-order valence-corrected chi connectivity index (χ1v) is 17.2. The normalized spacial score (nSPS) is 36.9. The standard InChI is InChI=1S/C35H46O20/c1-14-24(42)26(44)29(47)35(51-14)55-32-30(48)34(49-9-8-16-3-6-18(38)20(40)11-16)53-22(13-50-33-28(46)27(45)25(43)21(12-36)52-33)31(32)54-23(41)7-4-15-2-5-17(37)19(39)10-15/h2-7,10-11,14,21-22,24-40,42-48H,8-9,12-13H2,1H3. The van der Waals surface area contributed by atoms with Crippen LogP contribution >= 0.6 is 0 Å². The molecule has 306 valence electrons. The number of phenolic OH excluding ortho intramolecular Hbond substituents is 4. The number of hydrogen-bond donors (Lipinski definition) is 12. The van der Waals surface area contributed by atoms with Gasteiger partial charge in [0.2, 0.25) is 0 Å². The number of ether oxygens (including phenoxy) is 7. The van der Waals surface area contributed by atoms with Gasteiger partial charge in [-0.3, -0.25) is 0 Å². The lowest BCUT2D eigenvalue weighted by Crippen LogP contribution is -2.65. The van der Waals surface area contributed by atoms with E-state index in [4.69, 9.17) is 33.2 Å². The van der Waals surface area contributed by atoms with Crippen molar-refractivity contribution in [2.75, 3.05) is 19.8 Å². The third kappa shape index (κ3) is 10.0. The average Bonchev–Trinajstić information content (AvgIpc) is 3.16. The lowest BCUT2D eigenvalue weighted by molar-refractivity contribution is -0.364. The summed E-state index contributed by atoms with van der Waals surface area (Å²) in [5, 5.41) is 123. The summed E-state index contributed by atoms with van der Waals surface area (Å²) in [7, 11) is 0. The van der Waals surface area contributed by atoms with Crippen molar-refractivity contribution >= 4 is 12.0 Å². The summed E-state index contributed by atoms with van der Waals surface area (Å²) in [5.74, 6) is -2.71. The molecule has 0 bridgehead atoms. The molecule has 55 heavy (non-hydrogen) atoms. The maximum Gasteiger partial charge on any atom is 0.331 e. The second-order valence-electron chi connectivity index (χ2n) is 13.3. The second-order valence-corrected chi connectivity index (χ2v) is 13.3. The van der Waals surface area contributed by atoms with Gasteiger partial charge in [-0.05, 0) is 54.8 Å². The molecule has 20 nitrogen and oxygen atoms in total. The fourth-order valence-electron chi connectivity index (χ4n) is 6.14. The predicted molar refractivity (Wildman–Crippen MR) is 180 cm³/mol. The Morgan fingerprint density at radius 3 is 1.96 bits per heavy atom. The zero-order valence-electron chi connectivity index (χ0n) is 29.2. The van der Waals surface area contributed by atoms with Crippen LogP contribution in [0.1, 0.15) is 18.1 Å². The summed E-state index contributed by atoms with van der Waals surface area (Å²) in [4.78, 5) is 13.3. The first kappa shape index (κ1) is 42.4. The highest BCUT2D eigenvalue weighted by Gasteiger charge is 2.53. The topological polar surface area (TPSA) is 324 Å². The van der Waals surface area contributed by atoms with Crippen LogP contribution in [0.3, 0.4) is 0 Å². The number of phenols is 4. The fourth-order valence-corrected chi connectivity index (χ4v) is 6.14. The Hall–Kier alpha value is -3.71. The van der Waals surface area contributed by atoms with E-state index in [1.165, 1.54) is 43.3 Å². The Balaban J connectivity index is 1.43. The van der Waals surface area contributed by atoms with Crippen molar-refractivity contribution in [1.29, 1.82) is 0 Å². The smallest absolute Gasteiger partial charge is 0.331 e. The SMILES string of the molecule is CC1OC(OC2C(O)C(OCCc3ccc(O)c(O)c3)OC(COC3OC(CO)C(O)C(O)C3O)C2OC(=O)C=Cc2ccc(O)c(O)c2)C(O)C(O)C1O. The third-order valence-corrected chi connectivity index (χ3v) is 9.36. The summed E-state index contributed by atoms with van der Waals surface area (Å²) >= 11 is 0. The summed E-state index contributed by atoms with van der Waals surface area (Å²) in [6, 6.07) is 7.75. The van der Waals surface area contributed by atoms with Gasteiger partial charge in [0.05, 0.1) is 25.9 Å². The van der Waals surface area contributed by atoms with Crippen LogP contribution in [0.25, 0.3) is 6.08 Å². The number of carbonyl (C=O) groups excluding carboxylic acids is 1. The quantitative estimate of drug-likeness (QED) is 0.0541. The van der Waals surface area contributed by atoms with Crippen LogP contribution in [0.4, 0.5) is 0 Å². The van der Waals surface area contributed by atoms with Gasteiger partial charge >= 0.3 is 5.97 Å². The summed E-state index contributed by atoms with van der Waals surface area (Å²) < 4.78 is 40.2. The van der Waals surface area contributed by atoms with Crippen molar-refractivity contribution in [2.45, 2.75) is 105 Å². The number of benzene rings is 2. The van der Waals surface area contributed by atoms with Gasteiger partial charge in [-0.1, -0.05) is 12.1 Å². The van der Waals surface area contributed by atoms with Gasteiger partial charge in [-0.15, -0.1) is 0 Å². The molecule has 3 aliphatic rings. The average molecular weight is 787 g/mol. The van der Waals surface area contributed by atoms with Crippen LogP contribution in [-0.2, 0) is 44.4 Å². The molecule has 3 fully saturated rings. The largest absolute Gasteiger partial charge is 0.504 e. The maximum absolute atomic E-state index is 13.3. The van der Waals surface area contributed by atoms with Crippen molar-refractivity contribution in [3.63, 3.8) is 0 Å². The number of carbonyl (C=O) groups is 1. The number of esters is 1. The highest BCUT2D eigenvalue weighted by Crippen LogP contribution is 2.33. The van der Waals surface area contributed by atoms with E-state index in [2.05, 4.69) is 0 Å². The van der Waals surface area contributed by atoms with Gasteiger partial charge in [0.25, 0.3) is 0 Å². The van der Waals surface area contributed by atoms with Crippen molar-refractivity contribution in [1.82, 2.24) is 0 Å². The van der Waals surface area contributed by atoms with Crippen molar-refractivity contribution in [3.8, 4) is 23.0 Å². The Morgan fingerprint density at radius 2 is 1.29 bits per heavy atom. The minimum Gasteiger partial charge on any atom is -0.504 e. The van der Waals surface area contributed by atoms with Crippen LogP contribution in [0.15, 0.2) is 42.5 Å². The number of rotatable bonds is 13. The molecule has 12 N–H and O–H groups in total. The van der Waals surface area contributed by atoms with Gasteiger partial charge in [0.15, 0.2) is 48.0 Å². The number of aliphatic hydroxyl groups excluding tert-OH is 8. The van der Waals surface area contributed by atoms with E-state index in [0.717, 1.165) is 12.1 Å². The molecule has 20 heteroatoms. The van der Waals surface area contributed by atoms with Crippen molar-refractivity contribution < 1.29 is 99.2 Å². The number of aliphatic hydroxyl groups is 8. The second kappa shape index (κ2) is 18.5. The minimum absolute atomic E-state index is 0.111. The van der Waals surface area contributed by atoms with E-state index in [1.54, 1.807) is 0 Å². The molecule has 0 aliphatic carbocycles. The lowest BCUT2D eigenvalue weighted by Gasteiger charge is -2.47. The zero-order chi connectivity index (χ0) is 40.1. The van der Waals surface area contributed by atoms with Crippen LogP contribution in [0, 0.1) is 0 Å². The van der Waals surface area contributed by atoms with Gasteiger partial charge in [-0.25, -0.2) is 4.79 Å². The summed E-state index contributed by atoms with van der Waals surface area (Å²) in [5.41, 5.74) is 0.773. The third-order valence-electron chi connectivity index (χ3n) is 9.36. The Bertz CT molecular complexity index is 1610. The van der Waals surface area contributed by atoms with E-state index < -0.39 is 123 Å². The van der Waals surface area contributed by atoms with Gasteiger partial charge in [0, 0.05) is 6.08 Å². The molecule has 15 atom stereocenters. The van der Waals surface area contributed by atoms with E-state index in [-0.39, 0.29) is 30.1 Å². The van der Waals surface area contributed by atoms with Gasteiger partial charge < -0.3 is 94.4 Å². The molecule has 0 amide bonds. The highest BCUT2D eigenvalue weighted by atomic mass is 16.8. The predicted octanol–water partition coefficient (Wildman–Crippen LogP) is -3.19. The van der Waals surface area contributed by atoms with Crippen LogP contribution in [0.5, 0.6) is 23.0 Å². The van der Waals surface area contributed by atoms with Crippen LogP contribution < -0.4 is 0 Å². The summed E-state index contributed by atoms with van der Waals surface area (Å²) in [6.45, 7) is -0.254. The van der Waals surface area contributed by atoms with Crippen molar-refractivity contribution in [3.05, 3.63) is 53.6 Å². The zero-order valence-corrected chi connectivity index (χ0v) is 29.2. The first-order valence-electron chi connectivity index (χ1n) is 17.2. The molecular weight excluding hydrogens is 740 g/mol. The Labute approximate surface area is 313 Å². The molecule has 3 aliphatic heterocycles. The molecule has 0 radical (unpaired) electrons. The fraction of sp³-hybridized carbons (Fsp3) is 0.571. The molecule has 5 rings (SSSR count). The monoisotopic (exact) mass is 786 g/mol. The van der Waals surface area contributed by atoms with Gasteiger partial charge in [-0.2, -0.15) is 0 Å². The van der Waals surface area contributed by atoms with Crippen LogP contribution in [-0.4, -0.2) is 179 Å². The minimum atomic E-state index is -1.88. The molecular formula is C35H46O20. The molecule has 2 aromatic rings. The molecule has 2 aromatic carbocycles. The van der Waals surface area contributed by atoms with Gasteiger partial charge in [0.1, 0.15) is 61.0 Å². The number of aromatic hydroxyl groups is 4. The highest BCUT2D eigenvalue weighted by molar-refractivity contribution is 5.87. The maximum atomic E-state index is 13.3. The van der Waals surface area contributed by atoms with E-state index in [0.29, 0.717) is 5.56 Å².